The highest BCUT2D eigenvalue weighted by molar-refractivity contribution is 6.13. The number of aryl methyl sites for hydroxylation is 1. The molecule has 0 aliphatic rings. The number of aromatic nitrogens is 2. The van der Waals surface area contributed by atoms with Crippen molar-refractivity contribution in [3.8, 4) is 11.3 Å². The van der Waals surface area contributed by atoms with E-state index in [-0.39, 0.29) is 11.4 Å². The molecule has 5 nitrogen and oxygen atoms in total. The Morgan fingerprint density at radius 2 is 2.04 bits per heavy atom. The Labute approximate surface area is 145 Å². The van der Waals surface area contributed by atoms with Crippen LogP contribution in [-0.2, 0) is 9.59 Å². The molecule has 0 radical (unpaired) electrons. The lowest BCUT2D eigenvalue weighted by atomic mass is 9.93. The van der Waals surface area contributed by atoms with Crippen LogP contribution in [0.25, 0.3) is 22.3 Å². The number of Topliss-reactive ketones (excluding diaryl/α,β-unsaturated/α-hetero) is 1. The van der Waals surface area contributed by atoms with Gasteiger partial charge >= 0.3 is 0 Å². The molecule has 0 aliphatic heterocycles. The van der Waals surface area contributed by atoms with E-state index in [0.29, 0.717) is 29.9 Å². The first kappa shape index (κ1) is 16.8. The summed E-state index contributed by atoms with van der Waals surface area (Å²) in [5.74, 6) is 0.321. The predicted molar refractivity (Wildman–Crippen MR) is 95.2 cm³/mol. The van der Waals surface area contributed by atoms with E-state index in [9.17, 15) is 9.59 Å². The summed E-state index contributed by atoms with van der Waals surface area (Å²) in [6.45, 7) is 7.20. The Balaban J connectivity index is 2.02. The summed E-state index contributed by atoms with van der Waals surface area (Å²) in [6.07, 6.45) is 2.69. The molecule has 25 heavy (non-hydrogen) atoms. The number of rotatable bonds is 6. The number of para-hydroxylation sites is 2. The van der Waals surface area contributed by atoms with Crippen LogP contribution in [0.5, 0.6) is 0 Å². The lowest BCUT2D eigenvalue weighted by Crippen LogP contribution is -2.13. The molecule has 1 aromatic carbocycles. The normalized spacial score (nSPS) is 12.1. The van der Waals surface area contributed by atoms with E-state index < -0.39 is 5.92 Å². The van der Waals surface area contributed by atoms with E-state index in [1.165, 1.54) is 0 Å². The number of carbonyl (C=O) groups excluding carboxylic acids is 2. The molecule has 0 N–H and O–H groups in total. The Bertz CT molecular complexity index is 972. The summed E-state index contributed by atoms with van der Waals surface area (Å²) in [7, 11) is 0. The number of allylic oxidation sites excluding steroid dienone is 1. The van der Waals surface area contributed by atoms with Crippen molar-refractivity contribution in [2.45, 2.75) is 26.2 Å². The number of carbonyl (C=O) groups is 2. The van der Waals surface area contributed by atoms with E-state index in [1.807, 2.05) is 38.1 Å². The minimum Gasteiger partial charge on any atom is -0.465 e. The maximum absolute atomic E-state index is 12.3. The highest BCUT2D eigenvalue weighted by Gasteiger charge is 2.25. The second kappa shape index (κ2) is 6.81. The van der Waals surface area contributed by atoms with Crippen molar-refractivity contribution < 1.29 is 14.0 Å². The van der Waals surface area contributed by atoms with Gasteiger partial charge in [-0.25, -0.2) is 4.98 Å². The molecule has 126 valence electrons. The van der Waals surface area contributed by atoms with Gasteiger partial charge in [-0.3, -0.25) is 14.6 Å². The zero-order chi connectivity index (χ0) is 18.0. The van der Waals surface area contributed by atoms with Gasteiger partial charge in [-0.1, -0.05) is 25.6 Å². The van der Waals surface area contributed by atoms with Crippen LogP contribution in [0.1, 0.15) is 30.8 Å². The van der Waals surface area contributed by atoms with E-state index in [4.69, 9.17) is 4.42 Å². The zero-order valence-electron chi connectivity index (χ0n) is 14.2. The van der Waals surface area contributed by atoms with Gasteiger partial charge in [-0.15, -0.1) is 0 Å². The molecule has 5 heteroatoms. The number of hydrogen-bond donors (Lipinski definition) is 0. The van der Waals surface area contributed by atoms with Gasteiger partial charge in [0, 0.05) is 5.56 Å². The molecule has 0 saturated carbocycles. The molecule has 0 saturated heterocycles. The summed E-state index contributed by atoms with van der Waals surface area (Å²) >= 11 is 0. The molecule has 2 aromatic heterocycles. The number of aldehydes is 1. The van der Waals surface area contributed by atoms with E-state index in [2.05, 4.69) is 16.5 Å². The molecule has 0 aliphatic carbocycles. The van der Waals surface area contributed by atoms with Crippen LogP contribution >= 0.6 is 0 Å². The molecule has 1 atom stereocenters. The molecule has 0 fully saturated rings. The Hall–Kier alpha value is -3.08. The van der Waals surface area contributed by atoms with Gasteiger partial charge in [0.2, 0.25) is 0 Å². The third kappa shape index (κ3) is 3.13. The van der Waals surface area contributed by atoms with Gasteiger partial charge in [-0.2, -0.15) is 0 Å². The molecule has 0 bridgehead atoms. The summed E-state index contributed by atoms with van der Waals surface area (Å²) in [6, 6.07) is 9.42. The summed E-state index contributed by atoms with van der Waals surface area (Å²) < 4.78 is 5.80. The molecular formula is C20H18N2O3. The van der Waals surface area contributed by atoms with Gasteiger partial charge in [0.1, 0.15) is 11.5 Å². The Kier molecular flexibility index (Phi) is 4.57. The first-order valence-corrected chi connectivity index (χ1v) is 8.06. The van der Waals surface area contributed by atoms with Crippen LogP contribution < -0.4 is 0 Å². The van der Waals surface area contributed by atoms with Crippen LogP contribution in [-0.4, -0.2) is 22.0 Å². The van der Waals surface area contributed by atoms with Crippen LogP contribution in [0.2, 0.25) is 0 Å². The van der Waals surface area contributed by atoms with Crippen LogP contribution in [0.3, 0.4) is 0 Å². The van der Waals surface area contributed by atoms with E-state index >= 15 is 0 Å². The zero-order valence-corrected chi connectivity index (χ0v) is 14.2. The van der Waals surface area contributed by atoms with Crippen molar-refractivity contribution in [2.75, 3.05) is 0 Å². The largest absolute Gasteiger partial charge is 0.465 e. The van der Waals surface area contributed by atoms with Crippen LogP contribution in [0.15, 0.2) is 53.1 Å². The maximum Gasteiger partial charge on any atom is 0.176 e. The molecule has 3 rings (SSSR count). The minimum atomic E-state index is -0.529. The summed E-state index contributed by atoms with van der Waals surface area (Å²) in [5.41, 5.74) is 3.03. The number of nitrogens with zero attached hydrogens (tertiary/aromatic N) is 2. The van der Waals surface area contributed by atoms with Crippen LogP contribution in [0, 0.1) is 6.92 Å². The van der Waals surface area contributed by atoms with Crippen LogP contribution in [0.4, 0.5) is 0 Å². The fraction of sp³-hybridized carbons (Fsp3) is 0.200. The topological polar surface area (TPSA) is 73.1 Å². The average Bonchev–Trinajstić information content (AvgIpc) is 3.02. The molecule has 1 unspecified atom stereocenters. The smallest absolute Gasteiger partial charge is 0.176 e. The van der Waals surface area contributed by atoms with E-state index in [1.54, 1.807) is 12.3 Å². The fourth-order valence-corrected chi connectivity index (χ4v) is 2.82. The Morgan fingerprint density at radius 3 is 2.72 bits per heavy atom. The number of ketones is 1. The third-order valence-electron chi connectivity index (χ3n) is 4.19. The van der Waals surface area contributed by atoms with Gasteiger partial charge in [0.25, 0.3) is 0 Å². The van der Waals surface area contributed by atoms with Crippen molar-refractivity contribution in [3.63, 3.8) is 0 Å². The number of hydrogen-bond acceptors (Lipinski definition) is 5. The summed E-state index contributed by atoms with van der Waals surface area (Å²) in [4.78, 5) is 32.2. The van der Waals surface area contributed by atoms with Crippen molar-refractivity contribution in [1.29, 1.82) is 0 Å². The second-order valence-corrected chi connectivity index (χ2v) is 5.83. The number of benzene rings is 1. The first-order chi connectivity index (χ1) is 12.0. The van der Waals surface area contributed by atoms with Crippen molar-refractivity contribution >= 4 is 23.1 Å². The average molecular weight is 334 g/mol. The highest BCUT2D eigenvalue weighted by Crippen LogP contribution is 2.32. The minimum absolute atomic E-state index is 0.0482. The fourth-order valence-electron chi connectivity index (χ4n) is 2.82. The quantitative estimate of drug-likeness (QED) is 0.295. The molecule has 3 aromatic rings. The van der Waals surface area contributed by atoms with Crippen molar-refractivity contribution in [2.24, 2.45) is 0 Å². The first-order valence-electron chi connectivity index (χ1n) is 8.06. The third-order valence-corrected chi connectivity index (χ3v) is 4.19. The van der Waals surface area contributed by atoms with Gasteiger partial charge in [0.05, 0.1) is 34.4 Å². The molecule has 0 amide bonds. The van der Waals surface area contributed by atoms with E-state index in [0.717, 1.165) is 16.6 Å². The number of fused-ring (bicyclic) bond motifs is 1. The SMILES string of the molecule is C=C(C=O)C(=O)C(CC)c1cc(-c2cnc3ccccc3n2)c(C)o1. The molecule has 2 heterocycles. The van der Waals surface area contributed by atoms with Crippen molar-refractivity contribution in [3.05, 3.63) is 60.2 Å². The lowest BCUT2D eigenvalue weighted by Gasteiger charge is -2.09. The van der Waals surface area contributed by atoms with Gasteiger partial charge in [-0.05, 0) is 31.5 Å². The monoisotopic (exact) mass is 334 g/mol. The summed E-state index contributed by atoms with van der Waals surface area (Å²) in [5, 5.41) is 0. The lowest BCUT2D eigenvalue weighted by molar-refractivity contribution is -0.119. The van der Waals surface area contributed by atoms with Crippen molar-refractivity contribution in [1.82, 2.24) is 9.97 Å². The maximum atomic E-state index is 12.3. The highest BCUT2D eigenvalue weighted by atomic mass is 16.3. The molecule has 0 spiro atoms. The standard InChI is InChI=1S/C20H18N2O3/c1-4-14(20(24)12(2)11-23)19-9-15(13(3)25-19)18-10-21-16-7-5-6-8-17(16)22-18/h5-11,14H,2,4H2,1,3H3. The Morgan fingerprint density at radius 1 is 1.32 bits per heavy atom. The van der Waals surface area contributed by atoms with Gasteiger partial charge < -0.3 is 4.42 Å². The van der Waals surface area contributed by atoms with Gasteiger partial charge in [0.15, 0.2) is 12.1 Å². The predicted octanol–water partition coefficient (Wildman–Crippen LogP) is 4.02. The molecular weight excluding hydrogens is 316 g/mol. The second-order valence-electron chi connectivity index (χ2n) is 5.83. The number of furan rings is 1.